The van der Waals surface area contributed by atoms with Crippen LogP contribution in [-0.4, -0.2) is 11.6 Å². The van der Waals surface area contributed by atoms with Gasteiger partial charge in [0, 0.05) is 12.0 Å². The second-order valence-corrected chi connectivity index (χ2v) is 8.49. The molecule has 0 saturated heterocycles. The van der Waals surface area contributed by atoms with E-state index in [2.05, 4.69) is 19.9 Å². The van der Waals surface area contributed by atoms with Crippen LogP contribution < -0.4 is 0 Å². The van der Waals surface area contributed by atoms with E-state index in [4.69, 9.17) is 0 Å². The molecule has 0 aromatic carbocycles. The van der Waals surface area contributed by atoms with Gasteiger partial charge in [0.05, 0.1) is 0 Å². The fourth-order valence-electron chi connectivity index (χ4n) is 6.40. The van der Waals surface area contributed by atoms with E-state index < -0.39 is 0 Å². The maximum Gasteiger partial charge on any atom is 0.224 e. The molecule has 0 heterocycles. The molecule has 0 N–H and O–H groups in total. The lowest BCUT2D eigenvalue weighted by Gasteiger charge is -2.56. The van der Waals surface area contributed by atoms with Gasteiger partial charge in [-0.05, 0) is 67.1 Å². The molecule has 21 heavy (non-hydrogen) atoms. The highest BCUT2D eigenvalue weighted by Crippen LogP contribution is 2.64. The zero-order valence-corrected chi connectivity index (χ0v) is 13.3. The number of carbonyl (C=O) groups excluding carboxylic acids is 2. The molecular weight excluding hydrogens is 260 g/mol. The standard InChI is InChI=1S/C19H26O2/c1-18-9-3-4-13(18)12-5-6-15-17(21)16(20)8-11-19(15,2)14(12)7-10-18/h6,12-14H,3-5,7-11H2,1-2H3/t12-,13-,14-,18-,19+/m0/s1. The Balaban J connectivity index is 1.74. The normalized spacial score (nSPS) is 49.2. The minimum absolute atomic E-state index is 0.0160. The molecule has 0 amide bonds. The lowest BCUT2D eigenvalue weighted by molar-refractivity contribution is -0.139. The average Bonchev–Trinajstić information content (AvgIpc) is 2.85. The Hall–Kier alpha value is -0.920. The topological polar surface area (TPSA) is 34.1 Å². The van der Waals surface area contributed by atoms with E-state index >= 15 is 0 Å². The van der Waals surface area contributed by atoms with Crippen molar-refractivity contribution in [3.8, 4) is 0 Å². The minimum atomic E-state index is -0.165. The van der Waals surface area contributed by atoms with Gasteiger partial charge < -0.3 is 0 Å². The highest BCUT2D eigenvalue weighted by molar-refractivity contribution is 6.44. The van der Waals surface area contributed by atoms with Gasteiger partial charge in [-0.15, -0.1) is 0 Å². The molecule has 0 bridgehead atoms. The van der Waals surface area contributed by atoms with Gasteiger partial charge in [-0.2, -0.15) is 0 Å². The van der Waals surface area contributed by atoms with Crippen LogP contribution in [0.2, 0.25) is 0 Å². The zero-order valence-electron chi connectivity index (χ0n) is 13.3. The van der Waals surface area contributed by atoms with Gasteiger partial charge in [-0.1, -0.05) is 26.3 Å². The van der Waals surface area contributed by atoms with Crippen molar-refractivity contribution in [2.45, 2.75) is 65.2 Å². The van der Waals surface area contributed by atoms with Crippen LogP contribution in [0.3, 0.4) is 0 Å². The summed E-state index contributed by atoms with van der Waals surface area (Å²) in [7, 11) is 0. The SMILES string of the molecule is C[C@@]12CCC[C@H]1[C@@H]1CC=C3C(=O)C(=O)CC[C@]3(C)[C@H]1CC2. The highest BCUT2D eigenvalue weighted by Gasteiger charge is 2.57. The van der Waals surface area contributed by atoms with Crippen molar-refractivity contribution in [1.29, 1.82) is 0 Å². The van der Waals surface area contributed by atoms with E-state index in [0.29, 0.717) is 17.8 Å². The predicted molar refractivity (Wildman–Crippen MR) is 81.7 cm³/mol. The van der Waals surface area contributed by atoms with E-state index in [9.17, 15) is 9.59 Å². The molecule has 3 saturated carbocycles. The highest BCUT2D eigenvalue weighted by atomic mass is 16.2. The van der Waals surface area contributed by atoms with Gasteiger partial charge >= 0.3 is 0 Å². The molecule has 114 valence electrons. The van der Waals surface area contributed by atoms with Crippen LogP contribution in [0, 0.1) is 28.6 Å². The second-order valence-electron chi connectivity index (χ2n) is 8.49. The Kier molecular flexibility index (Phi) is 2.81. The van der Waals surface area contributed by atoms with Crippen LogP contribution in [0.25, 0.3) is 0 Å². The summed E-state index contributed by atoms with van der Waals surface area (Å²) < 4.78 is 0. The molecule has 0 aromatic rings. The number of ketones is 2. The Labute approximate surface area is 127 Å². The maximum absolute atomic E-state index is 12.3. The van der Waals surface area contributed by atoms with E-state index in [1.165, 1.54) is 32.1 Å². The third-order valence-electron chi connectivity index (χ3n) is 7.62. The first-order chi connectivity index (χ1) is 9.96. The van der Waals surface area contributed by atoms with Gasteiger partial charge in [0.15, 0.2) is 0 Å². The molecule has 3 fully saturated rings. The van der Waals surface area contributed by atoms with Crippen LogP contribution in [0.1, 0.15) is 65.2 Å². The predicted octanol–water partition coefficient (Wildman–Crippen LogP) is 4.09. The molecule has 0 aliphatic heterocycles. The van der Waals surface area contributed by atoms with Gasteiger partial charge in [-0.25, -0.2) is 0 Å². The van der Waals surface area contributed by atoms with E-state index in [1.807, 2.05) is 0 Å². The molecule has 0 radical (unpaired) electrons. The lowest BCUT2D eigenvalue weighted by atomic mass is 9.48. The smallest absolute Gasteiger partial charge is 0.224 e. The third-order valence-corrected chi connectivity index (χ3v) is 7.62. The molecule has 4 aliphatic rings. The first kappa shape index (κ1) is 13.7. The Bertz CT molecular complexity index is 546. The van der Waals surface area contributed by atoms with Gasteiger partial charge in [0.25, 0.3) is 0 Å². The lowest BCUT2D eigenvalue weighted by Crippen LogP contribution is -2.51. The largest absolute Gasteiger partial charge is 0.291 e. The average molecular weight is 286 g/mol. The summed E-state index contributed by atoms with van der Waals surface area (Å²) in [5.74, 6) is 1.91. The summed E-state index contributed by atoms with van der Waals surface area (Å²) in [5.41, 5.74) is 1.41. The number of Topliss-reactive ketones (excluding diaryl/α,β-unsaturated/α-hetero) is 2. The minimum Gasteiger partial charge on any atom is -0.291 e. The molecule has 0 aromatic heterocycles. The summed E-state index contributed by atoms with van der Waals surface area (Å²) in [6, 6.07) is 0. The van der Waals surface area contributed by atoms with Crippen LogP contribution in [0.4, 0.5) is 0 Å². The quantitative estimate of drug-likeness (QED) is 0.629. The molecule has 2 nitrogen and oxygen atoms in total. The van der Waals surface area contributed by atoms with Crippen molar-refractivity contribution in [1.82, 2.24) is 0 Å². The maximum atomic E-state index is 12.3. The van der Waals surface area contributed by atoms with Crippen molar-refractivity contribution < 1.29 is 9.59 Å². The van der Waals surface area contributed by atoms with Gasteiger partial charge in [0.1, 0.15) is 0 Å². The third kappa shape index (κ3) is 1.71. The molecule has 2 heteroatoms. The van der Waals surface area contributed by atoms with Gasteiger partial charge in [0.2, 0.25) is 11.6 Å². The number of carbonyl (C=O) groups is 2. The van der Waals surface area contributed by atoms with Crippen LogP contribution in [-0.2, 0) is 9.59 Å². The Morgan fingerprint density at radius 1 is 1.05 bits per heavy atom. The number of rotatable bonds is 0. The van der Waals surface area contributed by atoms with Crippen LogP contribution in [0.15, 0.2) is 11.6 Å². The molecular formula is C19H26O2. The Morgan fingerprint density at radius 3 is 2.67 bits per heavy atom. The number of allylic oxidation sites excluding steroid dienone is 2. The van der Waals surface area contributed by atoms with E-state index in [0.717, 1.165) is 30.3 Å². The van der Waals surface area contributed by atoms with Crippen LogP contribution in [0.5, 0.6) is 0 Å². The summed E-state index contributed by atoms with van der Waals surface area (Å²) in [6.45, 7) is 4.77. The van der Waals surface area contributed by atoms with Crippen molar-refractivity contribution in [2.75, 3.05) is 0 Å². The molecule has 5 atom stereocenters. The summed E-state index contributed by atoms with van der Waals surface area (Å²) in [4.78, 5) is 24.1. The number of hydrogen-bond acceptors (Lipinski definition) is 2. The fourth-order valence-corrected chi connectivity index (χ4v) is 6.40. The Morgan fingerprint density at radius 2 is 1.86 bits per heavy atom. The molecule has 0 unspecified atom stereocenters. The van der Waals surface area contributed by atoms with Crippen molar-refractivity contribution in [2.24, 2.45) is 28.6 Å². The molecule has 0 spiro atoms. The van der Waals surface area contributed by atoms with E-state index in [1.54, 1.807) is 0 Å². The first-order valence-corrected chi connectivity index (χ1v) is 8.74. The summed E-state index contributed by atoms with van der Waals surface area (Å²) in [6.07, 6.45) is 11.3. The zero-order chi connectivity index (χ0) is 14.8. The first-order valence-electron chi connectivity index (χ1n) is 8.74. The van der Waals surface area contributed by atoms with Crippen molar-refractivity contribution >= 4 is 11.6 Å². The molecule has 4 rings (SSSR count). The molecule has 4 aliphatic carbocycles. The summed E-state index contributed by atoms with van der Waals surface area (Å²) in [5, 5.41) is 0. The van der Waals surface area contributed by atoms with Gasteiger partial charge in [-0.3, -0.25) is 9.59 Å². The monoisotopic (exact) mass is 286 g/mol. The van der Waals surface area contributed by atoms with Crippen molar-refractivity contribution in [3.05, 3.63) is 11.6 Å². The number of fused-ring (bicyclic) bond motifs is 5. The fraction of sp³-hybridized carbons (Fsp3) is 0.789. The number of hydrogen-bond donors (Lipinski definition) is 0. The second kappa shape index (κ2) is 4.30. The van der Waals surface area contributed by atoms with Crippen LogP contribution >= 0.6 is 0 Å². The van der Waals surface area contributed by atoms with E-state index in [-0.39, 0.29) is 17.0 Å². The van der Waals surface area contributed by atoms with Crippen molar-refractivity contribution in [3.63, 3.8) is 0 Å². The summed E-state index contributed by atoms with van der Waals surface area (Å²) >= 11 is 0.